The number of hydrogen-bond donors (Lipinski definition) is 1. The van der Waals surface area contributed by atoms with Crippen LogP contribution in [0.25, 0.3) is 0 Å². The number of nitrogens with one attached hydrogen (secondary N) is 1. The molecule has 1 aliphatic carbocycles. The smallest absolute Gasteiger partial charge is 0.0296 e. The Morgan fingerprint density at radius 2 is 2.00 bits per heavy atom. The van der Waals surface area contributed by atoms with Crippen LogP contribution >= 0.6 is 0 Å². The zero-order valence-corrected chi connectivity index (χ0v) is 12.3. The van der Waals surface area contributed by atoms with Gasteiger partial charge in [0.2, 0.25) is 0 Å². The Morgan fingerprint density at radius 3 is 2.67 bits per heavy atom. The van der Waals surface area contributed by atoms with Gasteiger partial charge in [0.25, 0.3) is 0 Å². The summed E-state index contributed by atoms with van der Waals surface area (Å²) in [6, 6.07) is 7.99. The Morgan fingerprint density at radius 1 is 1.22 bits per heavy atom. The van der Waals surface area contributed by atoms with Crippen LogP contribution in [-0.2, 0) is 0 Å². The molecule has 0 radical (unpaired) electrons. The predicted molar refractivity (Wildman–Crippen MR) is 78.9 cm³/mol. The van der Waals surface area contributed by atoms with E-state index in [1.807, 2.05) is 0 Å². The van der Waals surface area contributed by atoms with Crippen molar-refractivity contribution >= 4 is 0 Å². The Balaban J connectivity index is 2.00. The fraction of sp³-hybridized carbons (Fsp3) is 0.647. The highest BCUT2D eigenvalue weighted by Gasteiger charge is 2.20. The lowest BCUT2D eigenvalue weighted by Crippen LogP contribution is -2.35. The van der Waals surface area contributed by atoms with Gasteiger partial charge in [0, 0.05) is 12.1 Å². The van der Waals surface area contributed by atoms with E-state index in [9.17, 15) is 0 Å². The summed E-state index contributed by atoms with van der Waals surface area (Å²) in [7, 11) is 0. The summed E-state index contributed by atoms with van der Waals surface area (Å²) in [5.74, 6) is 0.891. The molecule has 0 amide bonds. The van der Waals surface area contributed by atoms with Gasteiger partial charge in [-0.25, -0.2) is 0 Å². The average Bonchev–Trinajstić information content (AvgIpc) is 2.28. The van der Waals surface area contributed by atoms with Crippen molar-refractivity contribution in [3.05, 3.63) is 34.9 Å². The molecule has 1 N–H and O–H groups in total. The third-order valence-corrected chi connectivity index (χ3v) is 4.31. The summed E-state index contributed by atoms with van der Waals surface area (Å²) < 4.78 is 0. The predicted octanol–water partition coefficient (Wildman–Crippen LogP) is 4.53. The quantitative estimate of drug-likeness (QED) is 0.825. The van der Waals surface area contributed by atoms with Gasteiger partial charge in [-0.3, -0.25) is 0 Å². The molecule has 1 heteroatoms. The van der Waals surface area contributed by atoms with Gasteiger partial charge >= 0.3 is 0 Å². The van der Waals surface area contributed by atoms with E-state index < -0.39 is 0 Å². The highest BCUT2D eigenvalue weighted by atomic mass is 14.9. The van der Waals surface area contributed by atoms with E-state index >= 15 is 0 Å². The zero-order valence-electron chi connectivity index (χ0n) is 12.3. The molecule has 2 rings (SSSR count). The maximum absolute atomic E-state index is 3.83. The minimum atomic E-state index is 0.473. The van der Waals surface area contributed by atoms with E-state index in [-0.39, 0.29) is 0 Å². The van der Waals surface area contributed by atoms with Crippen molar-refractivity contribution in [2.75, 3.05) is 0 Å². The fourth-order valence-electron chi connectivity index (χ4n) is 3.34. The van der Waals surface area contributed by atoms with Crippen LogP contribution in [0.4, 0.5) is 0 Å². The lowest BCUT2D eigenvalue weighted by atomic mass is 9.86. The highest BCUT2D eigenvalue weighted by Crippen LogP contribution is 2.26. The van der Waals surface area contributed by atoms with Gasteiger partial charge in [-0.2, -0.15) is 0 Å². The van der Waals surface area contributed by atoms with Crippen molar-refractivity contribution in [3.8, 4) is 0 Å². The van der Waals surface area contributed by atoms with Gasteiger partial charge in [-0.05, 0) is 50.7 Å². The molecule has 100 valence electrons. The number of rotatable bonds is 3. The Kier molecular flexibility index (Phi) is 4.45. The number of aryl methyl sites for hydroxylation is 2. The maximum Gasteiger partial charge on any atom is 0.0296 e. The molecule has 1 saturated carbocycles. The van der Waals surface area contributed by atoms with Crippen LogP contribution in [0.15, 0.2) is 18.2 Å². The molecule has 3 unspecified atom stereocenters. The minimum Gasteiger partial charge on any atom is -0.307 e. The molecule has 0 heterocycles. The zero-order chi connectivity index (χ0) is 13.1. The van der Waals surface area contributed by atoms with Crippen molar-refractivity contribution in [2.24, 2.45) is 5.92 Å². The van der Waals surface area contributed by atoms with Crippen molar-refractivity contribution in [3.63, 3.8) is 0 Å². The van der Waals surface area contributed by atoms with Gasteiger partial charge in [0.05, 0.1) is 0 Å². The third-order valence-electron chi connectivity index (χ3n) is 4.31. The molecular formula is C17H27N. The average molecular weight is 245 g/mol. The van der Waals surface area contributed by atoms with E-state index in [2.05, 4.69) is 51.2 Å². The first-order valence-electron chi connectivity index (χ1n) is 7.39. The largest absolute Gasteiger partial charge is 0.307 e. The Hall–Kier alpha value is -0.820. The second-order valence-corrected chi connectivity index (χ2v) is 6.22. The number of benzene rings is 1. The standard InChI is InChI=1S/C17H27N/c1-12-6-5-7-16(11-12)18-15(4)17-9-8-13(2)10-14(17)3/h8-10,12,15-16,18H,5-7,11H2,1-4H3. The van der Waals surface area contributed by atoms with E-state index in [1.54, 1.807) is 0 Å². The summed E-state index contributed by atoms with van der Waals surface area (Å²) in [6.45, 7) is 9.08. The molecule has 1 fully saturated rings. The SMILES string of the molecule is Cc1ccc(C(C)NC2CCCC(C)C2)c(C)c1. The molecule has 0 bridgehead atoms. The first kappa shape index (κ1) is 13.6. The first-order valence-corrected chi connectivity index (χ1v) is 7.39. The second-order valence-electron chi connectivity index (χ2n) is 6.22. The summed E-state index contributed by atoms with van der Waals surface area (Å²) >= 11 is 0. The van der Waals surface area contributed by atoms with Crippen LogP contribution in [0, 0.1) is 19.8 Å². The summed E-state index contributed by atoms with van der Waals surface area (Å²) in [5, 5.41) is 3.83. The normalized spacial score (nSPS) is 26.0. The van der Waals surface area contributed by atoms with Gasteiger partial charge in [0.1, 0.15) is 0 Å². The monoisotopic (exact) mass is 245 g/mol. The summed E-state index contributed by atoms with van der Waals surface area (Å²) in [6.07, 6.45) is 5.49. The van der Waals surface area contributed by atoms with Crippen LogP contribution in [0.3, 0.4) is 0 Å². The molecule has 0 aliphatic heterocycles. The van der Waals surface area contributed by atoms with Gasteiger partial charge in [-0.1, -0.05) is 43.5 Å². The van der Waals surface area contributed by atoms with Crippen LogP contribution in [0.5, 0.6) is 0 Å². The molecule has 0 saturated heterocycles. The van der Waals surface area contributed by atoms with E-state index in [0.29, 0.717) is 12.1 Å². The first-order chi connectivity index (χ1) is 8.56. The van der Waals surface area contributed by atoms with Crippen molar-refractivity contribution in [2.45, 2.75) is 65.5 Å². The molecule has 18 heavy (non-hydrogen) atoms. The Bertz CT molecular complexity index is 397. The van der Waals surface area contributed by atoms with Crippen molar-refractivity contribution in [1.82, 2.24) is 5.32 Å². The highest BCUT2D eigenvalue weighted by molar-refractivity contribution is 5.32. The van der Waals surface area contributed by atoms with Gasteiger partial charge in [-0.15, -0.1) is 0 Å². The lowest BCUT2D eigenvalue weighted by molar-refractivity contribution is 0.285. The van der Waals surface area contributed by atoms with E-state index in [4.69, 9.17) is 0 Å². The molecule has 1 nitrogen and oxygen atoms in total. The molecule has 1 aromatic carbocycles. The third kappa shape index (κ3) is 3.35. The molecular weight excluding hydrogens is 218 g/mol. The van der Waals surface area contributed by atoms with E-state index in [1.165, 1.54) is 42.4 Å². The molecule has 0 spiro atoms. The van der Waals surface area contributed by atoms with Crippen LogP contribution in [0.2, 0.25) is 0 Å². The minimum absolute atomic E-state index is 0.473. The van der Waals surface area contributed by atoms with Crippen molar-refractivity contribution in [1.29, 1.82) is 0 Å². The maximum atomic E-state index is 3.83. The molecule has 1 aliphatic rings. The van der Waals surface area contributed by atoms with Gasteiger partial charge < -0.3 is 5.32 Å². The van der Waals surface area contributed by atoms with Crippen LogP contribution in [0.1, 0.15) is 62.3 Å². The molecule has 0 aromatic heterocycles. The topological polar surface area (TPSA) is 12.0 Å². The molecule has 3 atom stereocenters. The van der Waals surface area contributed by atoms with Crippen LogP contribution < -0.4 is 5.32 Å². The van der Waals surface area contributed by atoms with E-state index in [0.717, 1.165) is 5.92 Å². The second kappa shape index (κ2) is 5.88. The molecule has 1 aromatic rings. The summed E-state index contributed by atoms with van der Waals surface area (Å²) in [4.78, 5) is 0. The fourth-order valence-corrected chi connectivity index (χ4v) is 3.34. The summed E-state index contributed by atoms with van der Waals surface area (Å²) in [5.41, 5.74) is 4.23. The Labute approximate surface area is 112 Å². The lowest BCUT2D eigenvalue weighted by Gasteiger charge is -2.30. The van der Waals surface area contributed by atoms with Crippen molar-refractivity contribution < 1.29 is 0 Å². The number of hydrogen-bond acceptors (Lipinski definition) is 1. The van der Waals surface area contributed by atoms with Gasteiger partial charge in [0.15, 0.2) is 0 Å². The van der Waals surface area contributed by atoms with Crippen LogP contribution in [-0.4, -0.2) is 6.04 Å².